The minimum atomic E-state index is -0.561. The Balaban J connectivity index is 1.40. The van der Waals surface area contributed by atoms with Crippen LogP contribution in [-0.2, 0) is 6.42 Å². The Morgan fingerprint density at radius 1 is 1.22 bits per heavy atom. The summed E-state index contributed by atoms with van der Waals surface area (Å²) in [5, 5.41) is 21.1. The van der Waals surface area contributed by atoms with Crippen molar-refractivity contribution in [2.45, 2.75) is 12.5 Å². The maximum atomic E-state index is 10.0. The van der Waals surface area contributed by atoms with E-state index >= 15 is 0 Å². The second-order valence-electron chi connectivity index (χ2n) is 5.36. The van der Waals surface area contributed by atoms with Crippen molar-refractivity contribution in [1.82, 2.24) is 20.5 Å². The molecule has 0 bridgehead atoms. The van der Waals surface area contributed by atoms with Crippen molar-refractivity contribution in [1.29, 1.82) is 0 Å². The summed E-state index contributed by atoms with van der Waals surface area (Å²) in [5.74, 6) is 0.729. The van der Waals surface area contributed by atoms with Gasteiger partial charge in [-0.05, 0) is 42.8 Å². The number of hydrogen-bond acceptors (Lipinski definition) is 5. The lowest BCUT2D eigenvalue weighted by molar-refractivity contribution is 0.107. The molecule has 2 heterocycles. The van der Waals surface area contributed by atoms with Crippen molar-refractivity contribution < 1.29 is 9.84 Å². The fourth-order valence-corrected chi connectivity index (χ4v) is 2.36. The Kier molecular flexibility index (Phi) is 5.18. The van der Waals surface area contributed by atoms with E-state index in [0.29, 0.717) is 6.54 Å². The fourth-order valence-electron chi connectivity index (χ4n) is 2.36. The molecule has 0 amide bonds. The predicted molar refractivity (Wildman–Crippen MR) is 88.4 cm³/mol. The van der Waals surface area contributed by atoms with Gasteiger partial charge in [-0.2, -0.15) is 5.10 Å². The highest BCUT2D eigenvalue weighted by atomic mass is 16.5. The first kappa shape index (κ1) is 15.5. The second-order valence-corrected chi connectivity index (χ2v) is 5.36. The van der Waals surface area contributed by atoms with Crippen LogP contribution in [0.5, 0.6) is 5.75 Å². The summed E-state index contributed by atoms with van der Waals surface area (Å²) in [6.07, 6.45) is 5.65. The van der Waals surface area contributed by atoms with Crippen molar-refractivity contribution in [2.24, 2.45) is 0 Å². The van der Waals surface area contributed by atoms with Crippen LogP contribution >= 0.6 is 0 Å². The van der Waals surface area contributed by atoms with Gasteiger partial charge < -0.3 is 15.2 Å². The summed E-state index contributed by atoms with van der Waals surface area (Å²) >= 11 is 0. The number of aromatic nitrogens is 3. The SMILES string of the molecule is OC(CNCCc1ccncc1)COc1cccc2[nH]ncc12. The van der Waals surface area contributed by atoms with E-state index in [0.717, 1.165) is 29.6 Å². The normalized spacial score (nSPS) is 12.4. The van der Waals surface area contributed by atoms with E-state index in [-0.39, 0.29) is 6.61 Å². The maximum absolute atomic E-state index is 10.0. The van der Waals surface area contributed by atoms with E-state index < -0.39 is 6.10 Å². The minimum Gasteiger partial charge on any atom is -0.490 e. The zero-order valence-corrected chi connectivity index (χ0v) is 12.8. The number of nitrogens with one attached hydrogen (secondary N) is 2. The second kappa shape index (κ2) is 7.71. The molecule has 23 heavy (non-hydrogen) atoms. The molecule has 0 aliphatic carbocycles. The molecular formula is C17H20N4O2. The molecule has 3 aromatic rings. The first-order chi connectivity index (χ1) is 11.3. The van der Waals surface area contributed by atoms with Gasteiger partial charge >= 0.3 is 0 Å². The van der Waals surface area contributed by atoms with Crippen LogP contribution in [0.1, 0.15) is 5.56 Å². The van der Waals surface area contributed by atoms with Gasteiger partial charge in [0.05, 0.1) is 17.1 Å². The molecule has 6 nitrogen and oxygen atoms in total. The number of aliphatic hydroxyl groups excluding tert-OH is 1. The summed E-state index contributed by atoms with van der Waals surface area (Å²) < 4.78 is 5.70. The highest BCUT2D eigenvalue weighted by Crippen LogP contribution is 2.23. The van der Waals surface area contributed by atoms with E-state index in [1.54, 1.807) is 18.6 Å². The summed E-state index contributed by atoms with van der Waals surface area (Å²) in [6, 6.07) is 9.70. The Morgan fingerprint density at radius 2 is 2.09 bits per heavy atom. The highest BCUT2D eigenvalue weighted by molar-refractivity contribution is 5.84. The lowest BCUT2D eigenvalue weighted by Crippen LogP contribution is -2.32. The molecule has 6 heteroatoms. The lowest BCUT2D eigenvalue weighted by Gasteiger charge is -2.13. The van der Waals surface area contributed by atoms with Gasteiger partial charge in [-0.15, -0.1) is 0 Å². The molecule has 0 saturated carbocycles. The van der Waals surface area contributed by atoms with Crippen LogP contribution in [0.3, 0.4) is 0 Å². The van der Waals surface area contributed by atoms with Gasteiger partial charge in [-0.1, -0.05) is 6.07 Å². The van der Waals surface area contributed by atoms with Gasteiger partial charge in [0, 0.05) is 18.9 Å². The predicted octanol–water partition coefficient (Wildman–Crippen LogP) is 1.53. The summed E-state index contributed by atoms with van der Waals surface area (Å²) in [5.41, 5.74) is 2.15. The van der Waals surface area contributed by atoms with Crippen LogP contribution in [0, 0.1) is 0 Å². The average Bonchev–Trinajstić information content (AvgIpc) is 3.07. The van der Waals surface area contributed by atoms with E-state index in [1.807, 2.05) is 30.3 Å². The van der Waals surface area contributed by atoms with Crippen molar-refractivity contribution in [2.75, 3.05) is 19.7 Å². The van der Waals surface area contributed by atoms with Crippen molar-refractivity contribution in [3.8, 4) is 5.75 Å². The maximum Gasteiger partial charge on any atom is 0.130 e. The number of rotatable bonds is 8. The van der Waals surface area contributed by atoms with Crippen LogP contribution < -0.4 is 10.1 Å². The van der Waals surface area contributed by atoms with E-state index in [1.165, 1.54) is 5.56 Å². The number of pyridine rings is 1. The quantitative estimate of drug-likeness (QED) is 0.549. The summed E-state index contributed by atoms with van der Waals surface area (Å²) in [7, 11) is 0. The monoisotopic (exact) mass is 312 g/mol. The first-order valence-corrected chi connectivity index (χ1v) is 7.65. The fraction of sp³-hybridized carbons (Fsp3) is 0.294. The third-order valence-electron chi connectivity index (χ3n) is 3.60. The smallest absolute Gasteiger partial charge is 0.130 e. The lowest BCUT2D eigenvalue weighted by atomic mass is 10.2. The van der Waals surface area contributed by atoms with Gasteiger partial charge in [0.15, 0.2) is 0 Å². The summed E-state index contributed by atoms with van der Waals surface area (Å²) in [4.78, 5) is 3.99. The highest BCUT2D eigenvalue weighted by Gasteiger charge is 2.08. The molecular weight excluding hydrogens is 292 g/mol. The van der Waals surface area contributed by atoms with Gasteiger partial charge in [0.2, 0.25) is 0 Å². The molecule has 0 radical (unpaired) electrons. The Labute approximate surface area is 134 Å². The molecule has 1 aromatic carbocycles. The van der Waals surface area contributed by atoms with Crippen LogP contribution in [-0.4, -0.2) is 46.1 Å². The minimum absolute atomic E-state index is 0.243. The number of aromatic amines is 1. The van der Waals surface area contributed by atoms with Gasteiger partial charge in [-0.25, -0.2) is 0 Å². The number of nitrogens with zero attached hydrogens (tertiary/aromatic N) is 2. The standard InChI is InChI=1S/C17H20N4O2/c22-14(10-19-9-6-13-4-7-18-8-5-13)12-23-17-3-1-2-16-15(17)11-20-21-16/h1-5,7-8,11,14,19,22H,6,9-10,12H2,(H,20,21). The molecule has 120 valence electrons. The van der Waals surface area contributed by atoms with Crippen LogP contribution in [0.15, 0.2) is 48.9 Å². The number of ether oxygens (including phenoxy) is 1. The van der Waals surface area contributed by atoms with Crippen molar-refractivity contribution in [3.05, 3.63) is 54.5 Å². The molecule has 3 N–H and O–H groups in total. The van der Waals surface area contributed by atoms with Crippen molar-refractivity contribution >= 4 is 10.9 Å². The molecule has 3 rings (SSSR count). The van der Waals surface area contributed by atoms with Crippen molar-refractivity contribution in [3.63, 3.8) is 0 Å². The molecule has 0 aliphatic heterocycles. The number of aliphatic hydroxyl groups is 1. The molecule has 0 spiro atoms. The van der Waals surface area contributed by atoms with Gasteiger partial charge in [0.25, 0.3) is 0 Å². The molecule has 2 aromatic heterocycles. The molecule has 0 saturated heterocycles. The Hall–Kier alpha value is -2.44. The molecule has 0 aliphatic rings. The van der Waals surface area contributed by atoms with Gasteiger partial charge in [-0.3, -0.25) is 10.1 Å². The zero-order valence-electron chi connectivity index (χ0n) is 12.8. The van der Waals surface area contributed by atoms with Gasteiger partial charge in [0.1, 0.15) is 18.5 Å². The Morgan fingerprint density at radius 3 is 2.96 bits per heavy atom. The topological polar surface area (TPSA) is 83.1 Å². The van der Waals surface area contributed by atoms with Crippen LogP contribution in [0.4, 0.5) is 0 Å². The summed E-state index contributed by atoms with van der Waals surface area (Å²) in [6.45, 7) is 1.54. The number of fused-ring (bicyclic) bond motifs is 1. The van der Waals surface area contributed by atoms with Crippen LogP contribution in [0.2, 0.25) is 0 Å². The molecule has 0 fully saturated rings. The number of H-pyrrole nitrogens is 1. The third-order valence-corrected chi connectivity index (χ3v) is 3.60. The van der Waals surface area contributed by atoms with E-state index in [2.05, 4.69) is 20.5 Å². The largest absolute Gasteiger partial charge is 0.490 e. The molecule has 1 unspecified atom stereocenters. The third kappa shape index (κ3) is 4.28. The van der Waals surface area contributed by atoms with E-state index in [4.69, 9.17) is 4.74 Å². The molecule has 1 atom stereocenters. The number of benzene rings is 1. The van der Waals surface area contributed by atoms with Crippen LogP contribution in [0.25, 0.3) is 10.9 Å². The Bertz CT molecular complexity index is 730. The number of hydrogen-bond donors (Lipinski definition) is 3. The van der Waals surface area contributed by atoms with E-state index in [9.17, 15) is 5.11 Å². The first-order valence-electron chi connectivity index (χ1n) is 7.65. The zero-order chi connectivity index (χ0) is 15.9. The average molecular weight is 312 g/mol.